The summed E-state index contributed by atoms with van der Waals surface area (Å²) in [4.78, 5) is 22.0. The number of likely N-dealkylation sites (N-methyl/N-ethyl adjacent to an activating group) is 1. The van der Waals surface area contributed by atoms with Gasteiger partial charge in [0.2, 0.25) is 0 Å². The number of fused-ring (bicyclic) bond motifs is 1. The van der Waals surface area contributed by atoms with Crippen LogP contribution >= 0.6 is 11.3 Å². The van der Waals surface area contributed by atoms with Gasteiger partial charge in [0.15, 0.2) is 5.13 Å². The van der Waals surface area contributed by atoms with Gasteiger partial charge in [-0.15, -0.1) is 0 Å². The zero-order chi connectivity index (χ0) is 20.4. The maximum atomic E-state index is 13.4. The van der Waals surface area contributed by atoms with Crippen LogP contribution in [0.1, 0.15) is 35.9 Å². The smallest absolute Gasteiger partial charge is 0.278 e. The van der Waals surface area contributed by atoms with Crippen molar-refractivity contribution in [2.75, 3.05) is 39.2 Å². The van der Waals surface area contributed by atoms with Crippen LogP contribution in [0.3, 0.4) is 0 Å². The lowest BCUT2D eigenvalue weighted by atomic mass is 10.2. The van der Waals surface area contributed by atoms with Gasteiger partial charge in [-0.1, -0.05) is 17.4 Å². The lowest BCUT2D eigenvalue weighted by molar-refractivity contribution is 0.0973. The molecule has 0 fully saturated rings. The SMILES string of the molecule is COc1ccc(C)c2sc(N(CCN(C)C)C(=O)c3ccnn3C(C)C)nc12. The standard InChI is InChI=1S/C20H27N5O2S/c1-13(2)25-15(9-10-21-25)19(26)24(12-11-23(4)5)20-22-17-16(27-6)8-7-14(3)18(17)28-20/h7-10,13H,11-12H2,1-6H3. The fraction of sp³-hybridized carbons (Fsp3) is 0.450. The van der Waals surface area contributed by atoms with Gasteiger partial charge in [-0.3, -0.25) is 14.4 Å². The maximum absolute atomic E-state index is 13.4. The second kappa shape index (κ2) is 8.28. The topological polar surface area (TPSA) is 63.5 Å². The highest BCUT2D eigenvalue weighted by Gasteiger charge is 2.26. The highest BCUT2D eigenvalue weighted by Crippen LogP contribution is 2.36. The van der Waals surface area contributed by atoms with E-state index in [2.05, 4.69) is 10.00 Å². The molecular weight excluding hydrogens is 374 g/mol. The molecule has 3 rings (SSSR count). The molecule has 1 amide bonds. The number of carbonyl (C=O) groups is 1. The first-order valence-electron chi connectivity index (χ1n) is 9.27. The van der Waals surface area contributed by atoms with E-state index < -0.39 is 0 Å². The molecule has 0 N–H and O–H groups in total. The van der Waals surface area contributed by atoms with Crippen LogP contribution in [0.2, 0.25) is 0 Å². The van der Waals surface area contributed by atoms with Crippen molar-refractivity contribution in [3.05, 3.63) is 35.7 Å². The van der Waals surface area contributed by atoms with Crippen LogP contribution in [0.15, 0.2) is 24.4 Å². The third kappa shape index (κ3) is 3.88. The molecule has 28 heavy (non-hydrogen) atoms. The van der Waals surface area contributed by atoms with Crippen molar-refractivity contribution in [1.29, 1.82) is 0 Å². The van der Waals surface area contributed by atoms with Gasteiger partial charge < -0.3 is 9.64 Å². The van der Waals surface area contributed by atoms with Crippen LogP contribution in [0, 0.1) is 6.92 Å². The molecule has 7 nitrogen and oxygen atoms in total. The second-order valence-electron chi connectivity index (χ2n) is 7.27. The van der Waals surface area contributed by atoms with Gasteiger partial charge in [-0.25, -0.2) is 4.98 Å². The molecule has 3 aromatic rings. The number of rotatable bonds is 7. The number of aromatic nitrogens is 3. The largest absolute Gasteiger partial charge is 0.494 e. The average Bonchev–Trinajstić information content (AvgIpc) is 3.29. The number of hydrogen-bond donors (Lipinski definition) is 0. The highest BCUT2D eigenvalue weighted by atomic mass is 32.1. The molecule has 0 saturated carbocycles. The Kier molecular flexibility index (Phi) is 6.00. The van der Waals surface area contributed by atoms with E-state index in [1.54, 1.807) is 29.0 Å². The molecular formula is C20H27N5O2S. The van der Waals surface area contributed by atoms with Gasteiger partial charge in [-0.05, 0) is 52.6 Å². The molecule has 8 heteroatoms. The minimum absolute atomic E-state index is 0.0938. The third-order valence-electron chi connectivity index (χ3n) is 4.54. The Morgan fingerprint density at radius 1 is 1.25 bits per heavy atom. The Hall–Kier alpha value is -2.45. The Morgan fingerprint density at radius 2 is 2.00 bits per heavy atom. The number of nitrogens with zero attached hydrogens (tertiary/aromatic N) is 5. The van der Waals surface area contributed by atoms with E-state index in [4.69, 9.17) is 9.72 Å². The van der Waals surface area contributed by atoms with E-state index in [9.17, 15) is 4.79 Å². The van der Waals surface area contributed by atoms with Crippen LogP contribution in [-0.4, -0.2) is 59.9 Å². The number of ether oxygens (including phenoxy) is 1. The fourth-order valence-electron chi connectivity index (χ4n) is 3.00. The van der Waals surface area contributed by atoms with E-state index >= 15 is 0 Å². The van der Waals surface area contributed by atoms with Gasteiger partial charge in [0.25, 0.3) is 5.91 Å². The summed E-state index contributed by atoms with van der Waals surface area (Å²) >= 11 is 1.52. The van der Waals surface area contributed by atoms with Gasteiger partial charge in [0.05, 0.1) is 11.8 Å². The number of carbonyl (C=O) groups excluding carboxylic acids is 1. The van der Waals surface area contributed by atoms with E-state index in [1.165, 1.54) is 11.3 Å². The van der Waals surface area contributed by atoms with Crippen molar-refractivity contribution in [3.63, 3.8) is 0 Å². The number of amides is 1. The van der Waals surface area contributed by atoms with Crippen molar-refractivity contribution in [2.45, 2.75) is 26.8 Å². The Bertz CT molecular complexity index is 976. The minimum Gasteiger partial charge on any atom is -0.494 e. The second-order valence-corrected chi connectivity index (χ2v) is 8.25. The first kappa shape index (κ1) is 20.3. The summed E-state index contributed by atoms with van der Waals surface area (Å²) in [6.07, 6.45) is 1.67. The molecule has 0 atom stereocenters. The molecule has 0 aliphatic carbocycles. The predicted octanol–water partition coefficient (Wildman–Crippen LogP) is 3.60. The number of methoxy groups -OCH3 is 1. The van der Waals surface area contributed by atoms with Crippen molar-refractivity contribution in [1.82, 2.24) is 19.7 Å². The summed E-state index contributed by atoms with van der Waals surface area (Å²) in [7, 11) is 5.62. The maximum Gasteiger partial charge on any atom is 0.278 e. The van der Waals surface area contributed by atoms with Crippen molar-refractivity contribution in [3.8, 4) is 5.75 Å². The fourth-order valence-corrected chi connectivity index (χ4v) is 4.07. The van der Waals surface area contributed by atoms with Crippen molar-refractivity contribution >= 4 is 32.6 Å². The van der Waals surface area contributed by atoms with Crippen molar-refractivity contribution < 1.29 is 9.53 Å². The molecule has 0 saturated heterocycles. The van der Waals surface area contributed by atoms with Crippen LogP contribution in [0.5, 0.6) is 5.75 Å². The van der Waals surface area contributed by atoms with Gasteiger partial charge in [-0.2, -0.15) is 5.10 Å². The predicted molar refractivity (Wildman–Crippen MR) is 114 cm³/mol. The van der Waals surface area contributed by atoms with Gasteiger partial charge in [0.1, 0.15) is 17.0 Å². The molecule has 0 radical (unpaired) electrons. The van der Waals surface area contributed by atoms with E-state index in [-0.39, 0.29) is 11.9 Å². The molecule has 0 aliphatic heterocycles. The number of aryl methyl sites for hydroxylation is 1. The summed E-state index contributed by atoms with van der Waals surface area (Å²) in [5.41, 5.74) is 2.48. The van der Waals surface area contributed by atoms with Gasteiger partial charge in [0, 0.05) is 25.3 Å². The van der Waals surface area contributed by atoms with Crippen molar-refractivity contribution in [2.24, 2.45) is 0 Å². The molecule has 2 aromatic heterocycles. The normalized spacial score (nSPS) is 11.6. The first-order chi connectivity index (χ1) is 13.3. The Balaban J connectivity index is 2.07. The van der Waals surface area contributed by atoms with E-state index in [1.807, 2.05) is 47.0 Å². The van der Waals surface area contributed by atoms with Crippen LogP contribution in [0.25, 0.3) is 10.2 Å². The van der Waals surface area contributed by atoms with Crippen LogP contribution in [-0.2, 0) is 0 Å². The molecule has 150 valence electrons. The lowest BCUT2D eigenvalue weighted by Crippen LogP contribution is -2.38. The average molecular weight is 402 g/mol. The molecule has 0 aliphatic rings. The zero-order valence-corrected chi connectivity index (χ0v) is 18.1. The van der Waals surface area contributed by atoms with Crippen LogP contribution < -0.4 is 9.64 Å². The number of thiazole rings is 1. The summed E-state index contributed by atoms with van der Waals surface area (Å²) in [5.74, 6) is 0.624. The number of benzene rings is 1. The summed E-state index contributed by atoms with van der Waals surface area (Å²) in [6.45, 7) is 7.34. The summed E-state index contributed by atoms with van der Waals surface area (Å²) in [6, 6.07) is 5.80. The Labute approximate surface area is 169 Å². The molecule has 1 aromatic carbocycles. The summed E-state index contributed by atoms with van der Waals surface area (Å²) in [5, 5.41) is 4.99. The quantitative estimate of drug-likeness (QED) is 0.605. The first-order valence-corrected chi connectivity index (χ1v) is 10.1. The van der Waals surface area contributed by atoms with E-state index in [0.29, 0.717) is 17.4 Å². The number of anilines is 1. The molecule has 0 bridgehead atoms. The van der Waals surface area contributed by atoms with E-state index in [0.717, 1.165) is 28.1 Å². The highest BCUT2D eigenvalue weighted by molar-refractivity contribution is 7.22. The molecule has 0 spiro atoms. The zero-order valence-electron chi connectivity index (χ0n) is 17.3. The third-order valence-corrected chi connectivity index (χ3v) is 5.75. The van der Waals surface area contributed by atoms with Crippen LogP contribution in [0.4, 0.5) is 5.13 Å². The molecule has 0 unspecified atom stereocenters. The Morgan fingerprint density at radius 3 is 2.64 bits per heavy atom. The lowest BCUT2D eigenvalue weighted by Gasteiger charge is -2.22. The monoisotopic (exact) mass is 401 g/mol. The minimum atomic E-state index is -0.0938. The van der Waals surface area contributed by atoms with Gasteiger partial charge >= 0.3 is 0 Å². The summed E-state index contributed by atoms with van der Waals surface area (Å²) < 4.78 is 8.27. The number of hydrogen-bond acceptors (Lipinski definition) is 6. The molecule has 2 heterocycles.